The molecule has 3 rings (SSSR count). The molecule has 20 heavy (non-hydrogen) atoms. The monoisotopic (exact) mass is 287 g/mol. The Kier molecular flexibility index (Phi) is 3.60. The maximum atomic E-state index is 11.6. The van der Waals surface area contributed by atoms with E-state index in [1.54, 1.807) is 16.2 Å². The molecule has 1 aromatic carbocycles. The summed E-state index contributed by atoms with van der Waals surface area (Å²) in [5.74, 6) is 0. The fraction of sp³-hybridized carbons (Fsp3) is 0.267. The van der Waals surface area contributed by atoms with Gasteiger partial charge in [0.2, 0.25) is 0 Å². The van der Waals surface area contributed by atoms with Gasteiger partial charge < -0.3 is 10.6 Å². The van der Waals surface area contributed by atoms with Crippen molar-refractivity contribution in [3.8, 4) is 0 Å². The minimum Gasteiger partial charge on any atom is -0.378 e. The summed E-state index contributed by atoms with van der Waals surface area (Å²) in [6.07, 6.45) is 0. The molecule has 2 heterocycles. The van der Waals surface area contributed by atoms with Crippen LogP contribution in [0.1, 0.15) is 17.8 Å². The Morgan fingerprint density at radius 3 is 2.70 bits per heavy atom. The minimum atomic E-state index is -0.0161. The molecule has 2 amide bonds. The number of rotatable bonds is 4. The van der Waals surface area contributed by atoms with Crippen LogP contribution in [0.5, 0.6) is 0 Å². The molecule has 4 nitrogen and oxygen atoms in total. The number of thiophene rings is 1. The summed E-state index contributed by atoms with van der Waals surface area (Å²) in [5, 5.41) is 8.36. The molecule has 1 atom stereocenters. The van der Waals surface area contributed by atoms with Gasteiger partial charge in [0, 0.05) is 29.3 Å². The van der Waals surface area contributed by atoms with Crippen molar-refractivity contribution in [2.24, 2.45) is 0 Å². The number of amides is 2. The number of hydrogen-bond acceptors (Lipinski definition) is 3. The minimum absolute atomic E-state index is 0.0161. The molecule has 0 bridgehead atoms. The number of nitrogens with zero attached hydrogens (tertiary/aromatic N) is 1. The average Bonchev–Trinajstić information content (AvgIpc) is 3.11. The summed E-state index contributed by atoms with van der Waals surface area (Å²) < 4.78 is 0. The first-order valence-corrected chi connectivity index (χ1v) is 7.57. The summed E-state index contributed by atoms with van der Waals surface area (Å²) in [5.41, 5.74) is 2.00. The highest BCUT2D eigenvalue weighted by atomic mass is 32.1. The standard InChI is InChI=1S/C15H17N3OS/c1-11(14-3-2-10-20-14)17-12-4-6-13(7-5-12)18-9-8-16-15(18)19/h2-7,10-11,17H,8-9H2,1H3,(H,16,19). The second kappa shape index (κ2) is 5.54. The van der Waals surface area contributed by atoms with Gasteiger partial charge in [0.25, 0.3) is 0 Å². The molecule has 1 aliphatic rings. The van der Waals surface area contributed by atoms with Crippen molar-refractivity contribution in [1.29, 1.82) is 0 Å². The molecule has 1 saturated heterocycles. The predicted octanol–water partition coefficient (Wildman–Crippen LogP) is 3.45. The SMILES string of the molecule is CC(Nc1ccc(N2CCNC2=O)cc1)c1cccs1. The van der Waals surface area contributed by atoms with Crippen LogP contribution >= 0.6 is 11.3 Å². The zero-order valence-electron chi connectivity index (χ0n) is 11.3. The normalized spacial score (nSPS) is 16.1. The Morgan fingerprint density at radius 2 is 2.10 bits per heavy atom. The molecule has 1 fully saturated rings. The molecular weight excluding hydrogens is 270 g/mol. The lowest BCUT2D eigenvalue weighted by Crippen LogP contribution is -2.27. The third-order valence-corrected chi connectivity index (χ3v) is 4.44. The van der Waals surface area contributed by atoms with Gasteiger partial charge in [0.1, 0.15) is 0 Å². The van der Waals surface area contributed by atoms with E-state index >= 15 is 0 Å². The van der Waals surface area contributed by atoms with Gasteiger partial charge in [-0.1, -0.05) is 6.07 Å². The van der Waals surface area contributed by atoms with Crippen molar-refractivity contribution < 1.29 is 4.79 Å². The lowest BCUT2D eigenvalue weighted by molar-refractivity contribution is 0.252. The zero-order chi connectivity index (χ0) is 13.9. The summed E-state index contributed by atoms with van der Waals surface area (Å²) in [6.45, 7) is 3.60. The van der Waals surface area contributed by atoms with E-state index in [1.165, 1.54) is 4.88 Å². The van der Waals surface area contributed by atoms with Gasteiger partial charge >= 0.3 is 6.03 Å². The second-order valence-corrected chi connectivity index (χ2v) is 5.79. The molecule has 1 aliphatic heterocycles. The van der Waals surface area contributed by atoms with Gasteiger partial charge in [-0.25, -0.2) is 4.79 Å². The fourth-order valence-corrected chi connectivity index (χ4v) is 3.05. The third kappa shape index (κ3) is 2.63. The molecule has 104 valence electrons. The van der Waals surface area contributed by atoms with Crippen LogP contribution < -0.4 is 15.5 Å². The first-order chi connectivity index (χ1) is 9.74. The van der Waals surface area contributed by atoms with E-state index in [4.69, 9.17) is 0 Å². The number of hydrogen-bond donors (Lipinski definition) is 2. The molecule has 0 aliphatic carbocycles. The van der Waals surface area contributed by atoms with Crippen molar-refractivity contribution in [3.05, 3.63) is 46.7 Å². The Labute approximate surface area is 122 Å². The number of carbonyl (C=O) groups is 1. The van der Waals surface area contributed by atoms with Crippen molar-refractivity contribution in [2.75, 3.05) is 23.3 Å². The fourth-order valence-electron chi connectivity index (χ4n) is 2.31. The van der Waals surface area contributed by atoms with Gasteiger partial charge in [0.05, 0.1) is 6.04 Å². The van der Waals surface area contributed by atoms with Crippen LogP contribution in [0, 0.1) is 0 Å². The Bertz CT molecular complexity index is 580. The number of urea groups is 1. The second-order valence-electron chi connectivity index (χ2n) is 4.81. The van der Waals surface area contributed by atoms with E-state index in [1.807, 2.05) is 24.3 Å². The quantitative estimate of drug-likeness (QED) is 0.904. The van der Waals surface area contributed by atoms with Crippen LogP contribution in [0.4, 0.5) is 16.2 Å². The number of nitrogens with one attached hydrogen (secondary N) is 2. The number of carbonyl (C=O) groups excluding carboxylic acids is 1. The first kappa shape index (κ1) is 13.0. The smallest absolute Gasteiger partial charge is 0.321 e. The van der Waals surface area contributed by atoms with Crippen LogP contribution in [-0.4, -0.2) is 19.1 Å². The van der Waals surface area contributed by atoms with Crippen molar-refractivity contribution >= 4 is 28.7 Å². The highest BCUT2D eigenvalue weighted by molar-refractivity contribution is 7.10. The molecule has 0 spiro atoms. The molecule has 2 N–H and O–H groups in total. The van der Waals surface area contributed by atoms with Crippen LogP contribution in [0.15, 0.2) is 41.8 Å². The molecule has 5 heteroatoms. The van der Waals surface area contributed by atoms with Gasteiger partial charge in [-0.3, -0.25) is 4.90 Å². The van der Waals surface area contributed by atoms with Crippen LogP contribution in [0.2, 0.25) is 0 Å². The highest BCUT2D eigenvalue weighted by Gasteiger charge is 2.20. The van der Waals surface area contributed by atoms with Gasteiger partial charge in [-0.05, 0) is 42.6 Å². The maximum absolute atomic E-state index is 11.6. The predicted molar refractivity (Wildman–Crippen MR) is 83.5 cm³/mol. The molecule has 1 aromatic heterocycles. The highest BCUT2D eigenvalue weighted by Crippen LogP contribution is 2.25. The van der Waals surface area contributed by atoms with E-state index in [0.29, 0.717) is 6.54 Å². The zero-order valence-corrected chi connectivity index (χ0v) is 12.1. The molecular formula is C15H17N3OS. The maximum Gasteiger partial charge on any atom is 0.321 e. The molecule has 2 aromatic rings. The van der Waals surface area contributed by atoms with Crippen LogP contribution in [0.25, 0.3) is 0 Å². The Balaban J connectivity index is 1.68. The molecule has 0 saturated carbocycles. The largest absolute Gasteiger partial charge is 0.378 e. The van der Waals surface area contributed by atoms with E-state index < -0.39 is 0 Å². The number of benzene rings is 1. The van der Waals surface area contributed by atoms with Gasteiger partial charge in [-0.2, -0.15) is 0 Å². The van der Waals surface area contributed by atoms with E-state index in [2.05, 4.69) is 35.1 Å². The van der Waals surface area contributed by atoms with Crippen LogP contribution in [0.3, 0.4) is 0 Å². The Hall–Kier alpha value is -2.01. The molecule has 0 radical (unpaired) electrons. The topological polar surface area (TPSA) is 44.4 Å². The third-order valence-electron chi connectivity index (χ3n) is 3.39. The van der Waals surface area contributed by atoms with Crippen molar-refractivity contribution in [1.82, 2.24) is 5.32 Å². The van der Waals surface area contributed by atoms with E-state index in [-0.39, 0.29) is 12.1 Å². The summed E-state index contributed by atoms with van der Waals surface area (Å²) >= 11 is 1.75. The summed E-state index contributed by atoms with van der Waals surface area (Å²) in [7, 11) is 0. The molecule has 1 unspecified atom stereocenters. The number of anilines is 2. The van der Waals surface area contributed by atoms with Gasteiger partial charge in [0.15, 0.2) is 0 Å². The first-order valence-electron chi connectivity index (χ1n) is 6.69. The lowest BCUT2D eigenvalue weighted by Gasteiger charge is -2.17. The summed E-state index contributed by atoms with van der Waals surface area (Å²) in [4.78, 5) is 14.7. The summed E-state index contributed by atoms with van der Waals surface area (Å²) in [6, 6.07) is 12.5. The Morgan fingerprint density at radius 1 is 1.30 bits per heavy atom. The van der Waals surface area contributed by atoms with Crippen molar-refractivity contribution in [3.63, 3.8) is 0 Å². The van der Waals surface area contributed by atoms with Crippen molar-refractivity contribution in [2.45, 2.75) is 13.0 Å². The van der Waals surface area contributed by atoms with E-state index in [9.17, 15) is 4.79 Å². The van der Waals surface area contributed by atoms with Gasteiger partial charge in [-0.15, -0.1) is 11.3 Å². The lowest BCUT2D eigenvalue weighted by atomic mass is 10.2. The van der Waals surface area contributed by atoms with Crippen LogP contribution in [-0.2, 0) is 0 Å². The van der Waals surface area contributed by atoms with E-state index in [0.717, 1.165) is 17.9 Å². The average molecular weight is 287 g/mol.